The summed E-state index contributed by atoms with van der Waals surface area (Å²) in [5.74, 6) is 4.21. The van der Waals surface area contributed by atoms with Crippen LogP contribution in [-0.2, 0) is 19.6 Å². The van der Waals surface area contributed by atoms with E-state index in [4.69, 9.17) is 19.6 Å². The van der Waals surface area contributed by atoms with Crippen LogP contribution in [0.5, 0.6) is 0 Å². The molecule has 0 heterocycles. The summed E-state index contributed by atoms with van der Waals surface area (Å²) >= 11 is 0. The van der Waals surface area contributed by atoms with E-state index in [2.05, 4.69) is 11.8 Å². The van der Waals surface area contributed by atoms with Gasteiger partial charge in [-0.1, -0.05) is 49.2 Å². The van der Waals surface area contributed by atoms with Crippen LogP contribution in [0.3, 0.4) is 0 Å². The summed E-state index contributed by atoms with van der Waals surface area (Å²) < 4.78 is 0. The van der Waals surface area contributed by atoms with Crippen LogP contribution >= 0.6 is 0 Å². The molecule has 134 valence electrons. The van der Waals surface area contributed by atoms with Crippen molar-refractivity contribution in [3.63, 3.8) is 0 Å². The smallest absolute Gasteiger partial charge is 0.290 e. The molecular weight excluding hydrogens is 336 g/mol. The topological polar surface area (TPSA) is 71.1 Å². The van der Waals surface area contributed by atoms with Gasteiger partial charge < -0.3 is 0 Å². The third-order valence-corrected chi connectivity index (χ3v) is 3.05. The Morgan fingerprint density at radius 2 is 1.27 bits per heavy atom. The van der Waals surface area contributed by atoms with Crippen molar-refractivity contribution in [3.05, 3.63) is 71.8 Å². The maximum atomic E-state index is 11.9. The highest BCUT2D eigenvalue weighted by Crippen LogP contribution is 2.09. The molecule has 0 spiro atoms. The van der Waals surface area contributed by atoms with Crippen molar-refractivity contribution < 1.29 is 29.1 Å². The molecule has 0 saturated carbocycles. The predicted octanol–water partition coefficient (Wildman–Crippen LogP) is 3.69. The molecular formula is C20H18O6. The third-order valence-electron chi connectivity index (χ3n) is 3.05. The normalized spacial score (nSPS) is 9.92. The summed E-state index contributed by atoms with van der Waals surface area (Å²) in [6, 6.07) is 16.6. The molecule has 0 amide bonds. The predicted molar refractivity (Wildman–Crippen MR) is 92.4 cm³/mol. The van der Waals surface area contributed by atoms with Gasteiger partial charge in [-0.05, 0) is 24.3 Å². The molecule has 6 nitrogen and oxygen atoms in total. The fourth-order valence-corrected chi connectivity index (χ4v) is 1.80. The number of benzene rings is 2. The van der Waals surface area contributed by atoms with Gasteiger partial charge in [0.15, 0.2) is 0 Å². The van der Waals surface area contributed by atoms with Gasteiger partial charge in [0.05, 0.1) is 17.5 Å². The van der Waals surface area contributed by atoms with Crippen molar-refractivity contribution in [2.24, 2.45) is 0 Å². The van der Waals surface area contributed by atoms with Crippen molar-refractivity contribution in [1.29, 1.82) is 0 Å². The molecule has 26 heavy (non-hydrogen) atoms. The highest BCUT2D eigenvalue weighted by atomic mass is 17.3. The Hall–Kier alpha value is -3.14. The minimum absolute atomic E-state index is 0.0536. The fourth-order valence-electron chi connectivity index (χ4n) is 1.80. The van der Waals surface area contributed by atoms with Crippen LogP contribution in [0.2, 0.25) is 0 Å². The molecule has 0 radical (unpaired) electrons. The van der Waals surface area contributed by atoms with E-state index < -0.39 is 18.2 Å². The van der Waals surface area contributed by atoms with E-state index in [0.717, 1.165) is 0 Å². The zero-order valence-corrected chi connectivity index (χ0v) is 14.2. The number of hydrogen-bond donors (Lipinski definition) is 0. The molecule has 0 bridgehead atoms. The van der Waals surface area contributed by atoms with E-state index in [1.54, 1.807) is 60.7 Å². The number of hydrogen-bond acceptors (Lipinski definition) is 6. The van der Waals surface area contributed by atoms with Crippen LogP contribution in [0.15, 0.2) is 60.7 Å². The summed E-state index contributed by atoms with van der Waals surface area (Å²) in [4.78, 5) is 43.1. The highest BCUT2D eigenvalue weighted by Gasteiger charge is 2.18. The lowest BCUT2D eigenvalue weighted by molar-refractivity contribution is -0.418. The van der Waals surface area contributed by atoms with Crippen molar-refractivity contribution in [2.75, 3.05) is 0 Å². The van der Waals surface area contributed by atoms with Crippen LogP contribution in [0.1, 0.15) is 40.5 Å². The van der Waals surface area contributed by atoms with Crippen LogP contribution in [0, 0.1) is 11.8 Å². The first-order chi connectivity index (χ1) is 12.7. The van der Waals surface area contributed by atoms with Crippen molar-refractivity contribution >= 4 is 11.9 Å². The molecule has 6 heteroatoms. The lowest BCUT2D eigenvalue weighted by Crippen LogP contribution is -2.21. The highest BCUT2D eigenvalue weighted by molar-refractivity contribution is 5.89. The quantitative estimate of drug-likeness (QED) is 0.327. The Balaban J connectivity index is 1.90. The molecule has 0 aliphatic heterocycles. The first kappa shape index (κ1) is 19.2. The molecule has 2 rings (SSSR count). The van der Waals surface area contributed by atoms with Gasteiger partial charge in [0, 0.05) is 6.42 Å². The van der Waals surface area contributed by atoms with E-state index >= 15 is 0 Å². The SMILES string of the molecule is CCC#CCC(OOC(=O)c1ccccc1)OOC(=O)c1ccccc1. The monoisotopic (exact) mass is 354 g/mol. The van der Waals surface area contributed by atoms with E-state index in [0.29, 0.717) is 17.5 Å². The molecule has 0 aliphatic rings. The van der Waals surface area contributed by atoms with E-state index in [-0.39, 0.29) is 6.42 Å². The van der Waals surface area contributed by atoms with Gasteiger partial charge in [-0.2, -0.15) is 0 Å². The minimum Gasteiger partial charge on any atom is -0.290 e. The molecule has 0 unspecified atom stereocenters. The van der Waals surface area contributed by atoms with Gasteiger partial charge in [-0.25, -0.2) is 9.59 Å². The maximum absolute atomic E-state index is 11.9. The van der Waals surface area contributed by atoms with Gasteiger partial charge in [0.2, 0.25) is 0 Å². The van der Waals surface area contributed by atoms with Gasteiger partial charge in [0.25, 0.3) is 6.29 Å². The van der Waals surface area contributed by atoms with Crippen LogP contribution < -0.4 is 0 Å². The third kappa shape index (κ3) is 6.40. The van der Waals surface area contributed by atoms with Gasteiger partial charge in [-0.3, -0.25) is 9.78 Å². The maximum Gasteiger partial charge on any atom is 0.373 e. The lowest BCUT2D eigenvalue weighted by Gasteiger charge is -2.13. The summed E-state index contributed by atoms with van der Waals surface area (Å²) in [6.45, 7) is 1.88. The minimum atomic E-state index is -1.17. The van der Waals surface area contributed by atoms with Crippen LogP contribution in [0.4, 0.5) is 0 Å². The summed E-state index contributed by atoms with van der Waals surface area (Å²) in [6.07, 6.45) is -0.479. The number of carbonyl (C=O) groups excluding carboxylic acids is 2. The van der Waals surface area contributed by atoms with Crippen LogP contribution in [0.25, 0.3) is 0 Å². The van der Waals surface area contributed by atoms with E-state index in [9.17, 15) is 9.59 Å². The second kappa shape index (κ2) is 10.7. The Labute approximate surface area is 151 Å². The molecule has 0 saturated heterocycles. The molecule has 0 N–H and O–H groups in total. The second-order valence-corrected chi connectivity index (χ2v) is 5.01. The summed E-state index contributed by atoms with van der Waals surface area (Å²) in [5.41, 5.74) is 0.624. The van der Waals surface area contributed by atoms with Gasteiger partial charge in [-0.15, -0.1) is 15.7 Å². The fraction of sp³-hybridized carbons (Fsp3) is 0.200. The Morgan fingerprint density at radius 3 is 1.69 bits per heavy atom. The Morgan fingerprint density at radius 1 is 0.808 bits per heavy atom. The van der Waals surface area contributed by atoms with Crippen molar-refractivity contribution in [3.8, 4) is 11.8 Å². The van der Waals surface area contributed by atoms with E-state index in [1.165, 1.54) is 0 Å². The average Bonchev–Trinajstić information content (AvgIpc) is 2.70. The van der Waals surface area contributed by atoms with Crippen molar-refractivity contribution in [1.82, 2.24) is 0 Å². The molecule has 2 aromatic carbocycles. The largest absolute Gasteiger partial charge is 0.373 e. The first-order valence-corrected chi connectivity index (χ1v) is 8.02. The molecule has 2 aromatic rings. The zero-order valence-electron chi connectivity index (χ0n) is 14.2. The second-order valence-electron chi connectivity index (χ2n) is 5.01. The van der Waals surface area contributed by atoms with Crippen LogP contribution in [-0.4, -0.2) is 18.2 Å². The molecule has 0 fully saturated rings. The number of carbonyl (C=O) groups is 2. The molecule has 0 aromatic heterocycles. The Kier molecular flexibility index (Phi) is 7.87. The summed E-state index contributed by atoms with van der Waals surface area (Å²) in [7, 11) is 0. The molecule has 0 aliphatic carbocycles. The van der Waals surface area contributed by atoms with E-state index in [1.807, 2.05) is 6.92 Å². The lowest BCUT2D eigenvalue weighted by atomic mass is 10.2. The van der Waals surface area contributed by atoms with Gasteiger partial charge >= 0.3 is 11.9 Å². The van der Waals surface area contributed by atoms with Crippen molar-refractivity contribution in [2.45, 2.75) is 26.1 Å². The number of rotatable bonds is 7. The zero-order chi connectivity index (χ0) is 18.6. The molecule has 0 atom stereocenters. The standard InChI is InChI=1S/C20H18O6/c1-2-3-6-15-18(23-25-19(21)16-11-7-4-8-12-16)24-26-20(22)17-13-9-5-10-14-17/h4-5,7-14,18H,2,15H2,1H3. The Bertz CT molecular complexity index is 706. The average molecular weight is 354 g/mol. The summed E-state index contributed by atoms with van der Waals surface area (Å²) in [5, 5.41) is 0. The van der Waals surface area contributed by atoms with Gasteiger partial charge in [0.1, 0.15) is 0 Å². The first-order valence-electron chi connectivity index (χ1n) is 8.02.